The van der Waals surface area contributed by atoms with Gasteiger partial charge >= 0.3 is 5.95 Å². The first-order valence-corrected chi connectivity index (χ1v) is 16.4. The van der Waals surface area contributed by atoms with Gasteiger partial charge in [0.15, 0.2) is 5.82 Å². The van der Waals surface area contributed by atoms with Crippen molar-refractivity contribution in [1.82, 2.24) is 10.1 Å². The van der Waals surface area contributed by atoms with Gasteiger partial charge in [0.1, 0.15) is 11.4 Å². The van der Waals surface area contributed by atoms with Crippen molar-refractivity contribution in [1.29, 1.82) is 0 Å². The van der Waals surface area contributed by atoms with Gasteiger partial charge in [-0.15, -0.1) is 0 Å². The fraction of sp³-hybridized carbons (Fsp3) is 0.469. The molecule has 0 saturated heterocycles. The number of carbonyl (C=O) groups is 1. The third-order valence-electron chi connectivity index (χ3n) is 8.22. The molecule has 2 aliphatic rings. The number of anilines is 1. The van der Waals surface area contributed by atoms with E-state index in [9.17, 15) is 13.2 Å². The molecule has 3 aromatic rings. The Balaban J connectivity index is 1.48. The molecule has 0 radical (unpaired) electrons. The highest BCUT2D eigenvalue weighted by Gasteiger charge is 2.49. The van der Waals surface area contributed by atoms with E-state index in [2.05, 4.69) is 16.8 Å². The van der Waals surface area contributed by atoms with Crippen molar-refractivity contribution in [2.45, 2.75) is 89.3 Å². The second-order valence-electron chi connectivity index (χ2n) is 11.1. The van der Waals surface area contributed by atoms with Gasteiger partial charge in [0, 0.05) is 18.6 Å². The first-order chi connectivity index (χ1) is 20.7. The highest BCUT2D eigenvalue weighted by molar-refractivity contribution is 7.92. The van der Waals surface area contributed by atoms with Gasteiger partial charge in [0.2, 0.25) is 0 Å². The quantitative estimate of drug-likeness (QED) is 0.244. The fourth-order valence-electron chi connectivity index (χ4n) is 5.93. The smallest absolute Gasteiger partial charge is 0.316 e. The van der Waals surface area contributed by atoms with E-state index in [4.69, 9.17) is 19.0 Å². The van der Waals surface area contributed by atoms with Gasteiger partial charge in [-0.05, 0) is 55.9 Å². The Bertz CT molecular complexity index is 1610. The minimum Gasteiger partial charge on any atom is -0.467 e. The summed E-state index contributed by atoms with van der Waals surface area (Å²) in [6.07, 6.45) is 6.47. The van der Waals surface area contributed by atoms with Gasteiger partial charge in [-0.25, -0.2) is 8.42 Å². The molecule has 1 saturated carbocycles. The van der Waals surface area contributed by atoms with Crippen LogP contribution in [-0.2, 0) is 32.7 Å². The SMILES string of the molecule is CCCCC1=NC2(CCCC2)C(=O)N1Cc1ccc(-c2ccccc2S(=O)(=O)Nc2noc(OC)c2C)c(COCC)c1. The second kappa shape index (κ2) is 12.9. The van der Waals surface area contributed by atoms with Crippen molar-refractivity contribution in [3.63, 3.8) is 0 Å². The van der Waals surface area contributed by atoms with Crippen LogP contribution in [0.2, 0.25) is 0 Å². The van der Waals surface area contributed by atoms with Gasteiger partial charge in [0.05, 0.1) is 30.7 Å². The number of rotatable bonds is 13. The molecule has 5 rings (SSSR count). The summed E-state index contributed by atoms with van der Waals surface area (Å²) in [6.45, 7) is 6.92. The first kappa shape index (κ1) is 30.7. The second-order valence-corrected chi connectivity index (χ2v) is 12.8. The van der Waals surface area contributed by atoms with Crippen LogP contribution in [0.25, 0.3) is 11.1 Å². The van der Waals surface area contributed by atoms with E-state index in [1.54, 1.807) is 31.2 Å². The molecule has 0 bridgehead atoms. The first-order valence-electron chi connectivity index (χ1n) is 15.0. The van der Waals surface area contributed by atoms with E-state index >= 15 is 0 Å². The molecule has 0 unspecified atom stereocenters. The summed E-state index contributed by atoms with van der Waals surface area (Å²) in [5, 5.41) is 3.82. The number of carbonyl (C=O) groups excluding carboxylic acids is 1. The normalized spacial score (nSPS) is 16.2. The van der Waals surface area contributed by atoms with E-state index in [-0.39, 0.29) is 29.2 Å². The Morgan fingerprint density at radius 3 is 2.56 bits per heavy atom. The highest BCUT2D eigenvalue weighted by atomic mass is 32.2. The maximum atomic E-state index is 13.7. The van der Waals surface area contributed by atoms with Crippen molar-refractivity contribution in [3.8, 4) is 17.1 Å². The van der Waals surface area contributed by atoms with Crippen molar-refractivity contribution in [2.75, 3.05) is 18.4 Å². The molecule has 1 N–H and O–H groups in total. The number of ether oxygens (including phenoxy) is 2. The van der Waals surface area contributed by atoms with Gasteiger partial charge in [-0.1, -0.05) is 67.7 Å². The van der Waals surface area contributed by atoms with Crippen molar-refractivity contribution < 1.29 is 27.2 Å². The van der Waals surface area contributed by atoms with Crippen LogP contribution in [0, 0.1) is 6.92 Å². The number of nitrogens with zero attached hydrogens (tertiary/aromatic N) is 3. The lowest BCUT2D eigenvalue weighted by Gasteiger charge is -2.23. The molecule has 0 atom stereocenters. The minimum atomic E-state index is -4.05. The lowest BCUT2D eigenvalue weighted by Crippen LogP contribution is -2.40. The van der Waals surface area contributed by atoms with Gasteiger partial charge < -0.3 is 14.0 Å². The molecule has 1 spiro atoms. The van der Waals surface area contributed by atoms with Crippen LogP contribution in [0.15, 0.2) is 56.9 Å². The maximum Gasteiger partial charge on any atom is 0.316 e. The summed E-state index contributed by atoms with van der Waals surface area (Å²) in [4.78, 5) is 20.7. The van der Waals surface area contributed by atoms with Gasteiger partial charge in [-0.3, -0.25) is 19.4 Å². The largest absolute Gasteiger partial charge is 0.467 e. The molecular weight excluding hydrogens is 568 g/mol. The summed E-state index contributed by atoms with van der Waals surface area (Å²) in [6, 6.07) is 12.7. The van der Waals surface area contributed by atoms with E-state index < -0.39 is 15.6 Å². The minimum absolute atomic E-state index is 0.0624. The molecule has 1 aliphatic carbocycles. The number of benzene rings is 2. The van der Waals surface area contributed by atoms with Crippen LogP contribution in [0.4, 0.5) is 5.82 Å². The van der Waals surface area contributed by atoms with Crippen LogP contribution in [0.1, 0.15) is 75.5 Å². The summed E-state index contributed by atoms with van der Waals surface area (Å²) in [5.74, 6) is 1.19. The molecular formula is C32H40N4O6S. The Labute approximate surface area is 253 Å². The highest BCUT2D eigenvalue weighted by Crippen LogP contribution is 2.40. The zero-order chi connectivity index (χ0) is 30.6. The molecule has 230 valence electrons. The molecule has 2 heterocycles. The number of nitrogens with one attached hydrogen (secondary N) is 1. The van der Waals surface area contributed by atoms with Crippen molar-refractivity contribution in [3.05, 3.63) is 59.2 Å². The lowest BCUT2D eigenvalue weighted by molar-refractivity contribution is -0.131. The fourth-order valence-corrected chi connectivity index (χ4v) is 7.21. The predicted octanol–water partition coefficient (Wildman–Crippen LogP) is 6.24. The summed E-state index contributed by atoms with van der Waals surface area (Å²) in [7, 11) is -2.62. The number of unbranched alkanes of at least 4 members (excludes halogenated alkanes) is 1. The Morgan fingerprint density at radius 1 is 1.09 bits per heavy atom. The summed E-state index contributed by atoms with van der Waals surface area (Å²) < 4.78 is 45.8. The third kappa shape index (κ3) is 6.19. The number of methoxy groups -OCH3 is 1. The van der Waals surface area contributed by atoms with Crippen molar-refractivity contribution in [2.24, 2.45) is 4.99 Å². The molecule has 2 aromatic carbocycles. The van der Waals surface area contributed by atoms with Crippen LogP contribution >= 0.6 is 0 Å². The lowest BCUT2D eigenvalue weighted by atomic mass is 9.96. The molecule has 1 fully saturated rings. The van der Waals surface area contributed by atoms with Crippen LogP contribution in [0.3, 0.4) is 0 Å². The maximum absolute atomic E-state index is 13.7. The number of hydrogen-bond donors (Lipinski definition) is 1. The Hall–Kier alpha value is -3.70. The van der Waals surface area contributed by atoms with Gasteiger partial charge in [0.25, 0.3) is 15.9 Å². The molecule has 43 heavy (non-hydrogen) atoms. The number of aromatic nitrogens is 1. The number of hydrogen-bond acceptors (Lipinski definition) is 8. The van der Waals surface area contributed by atoms with E-state index in [1.165, 1.54) is 7.11 Å². The molecule has 1 aromatic heterocycles. The van der Waals surface area contributed by atoms with Crippen LogP contribution in [0.5, 0.6) is 5.95 Å². The zero-order valence-corrected chi connectivity index (χ0v) is 26.1. The average molecular weight is 609 g/mol. The summed E-state index contributed by atoms with van der Waals surface area (Å²) >= 11 is 0. The van der Waals surface area contributed by atoms with E-state index in [0.717, 1.165) is 67.5 Å². The van der Waals surface area contributed by atoms with Crippen molar-refractivity contribution >= 4 is 27.6 Å². The molecule has 10 nitrogen and oxygen atoms in total. The monoisotopic (exact) mass is 608 g/mol. The number of sulfonamides is 1. The van der Waals surface area contributed by atoms with Crippen LogP contribution in [-0.4, -0.2) is 49.5 Å². The van der Waals surface area contributed by atoms with E-state index in [1.807, 2.05) is 30.0 Å². The molecule has 1 aliphatic heterocycles. The Kier molecular flexibility index (Phi) is 9.22. The number of amidine groups is 1. The Morgan fingerprint density at radius 2 is 1.86 bits per heavy atom. The van der Waals surface area contributed by atoms with E-state index in [0.29, 0.717) is 24.3 Å². The molecule has 11 heteroatoms. The number of amides is 1. The molecule has 1 amide bonds. The average Bonchev–Trinajstić information content (AvgIpc) is 3.69. The predicted molar refractivity (Wildman–Crippen MR) is 165 cm³/mol. The van der Waals surface area contributed by atoms with Crippen LogP contribution < -0.4 is 9.46 Å². The summed E-state index contributed by atoms with van der Waals surface area (Å²) in [5.41, 5.74) is 2.88. The topological polar surface area (TPSA) is 123 Å². The number of aliphatic imine (C=N–C) groups is 1. The van der Waals surface area contributed by atoms with Gasteiger partial charge in [-0.2, -0.15) is 0 Å². The standard InChI is InChI=1S/C32H40N4O6S/c1-5-7-14-28-33-32(17-10-11-18-32)31(37)36(28)20-23-15-16-25(24(19-23)21-41-6-2)26-12-8-9-13-27(26)43(38,39)35-29-22(3)30(40-4)42-34-29/h8-9,12-13,15-16,19H,5-7,10-11,14,17-18,20-21H2,1-4H3,(H,34,35). The third-order valence-corrected chi connectivity index (χ3v) is 9.62. The zero-order valence-electron chi connectivity index (χ0n) is 25.3.